The summed E-state index contributed by atoms with van der Waals surface area (Å²) in [5.41, 5.74) is 4.45. The maximum atomic E-state index is 12.5. The van der Waals surface area contributed by atoms with Gasteiger partial charge in [-0.15, -0.1) is 0 Å². The van der Waals surface area contributed by atoms with Crippen molar-refractivity contribution >= 4 is 46.0 Å². The predicted octanol–water partition coefficient (Wildman–Crippen LogP) is 4.84. The smallest absolute Gasteiger partial charge is 0.231 e. The highest BCUT2D eigenvalue weighted by atomic mass is 35.5. The molecule has 4 aromatic rings. The van der Waals surface area contributed by atoms with Crippen molar-refractivity contribution in [3.63, 3.8) is 0 Å². The van der Waals surface area contributed by atoms with Crippen LogP contribution in [0.3, 0.4) is 0 Å². The van der Waals surface area contributed by atoms with Gasteiger partial charge in [0, 0.05) is 17.9 Å². The highest BCUT2D eigenvalue weighted by Crippen LogP contribution is 2.41. The Bertz CT molecular complexity index is 1210. The molecule has 8 heteroatoms. The SMILES string of the molecule is Cc1nn(-c2nc3ccccc3[nH]2)c2c1[C@H](c1ccc(Cl)c(Cl)c1)CC(=O)N2. The Morgan fingerprint density at radius 1 is 1.14 bits per heavy atom. The maximum absolute atomic E-state index is 12.5. The average Bonchev–Trinajstić information content (AvgIpc) is 3.24. The molecule has 0 bridgehead atoms. The molecule has 0 saturated carbocycles. The molecule has 0 unspecified atom stereocenters. The highest BCUT2D eigenvalue weighted by molar-refractivity contribution is 6.42. The first-order valence-corrected chi connectivity index (χ1v) is 9.56. The van der Waals surface area contributed by atoms with Crippen LogP contribution in [0.1, 0.15) is 29.2 Å². The number of imidazole rings is 1. The number of aryl methyl sites for hydroxylation is 1. The van der Waals surface area contributed by atoms with Crippen LogP contribution in [0.5, 0.6) is 0 Å². The first kappa shape index (κ1) is 17.3. The number of nitrogens with one attached hydrogen (secondary N) is 2. The van der Waals surface area contributed by atoms with Crippen LogP contribution in [0.2, 0.25) is 10.0 Å². The molecule has 1 amide bonds. The molecule has 0 aliphatic carbocycles. The molecule has 28 heavy (non-hydrogen) atoms. The maximum Gasteiger partial charge on any atom is 0.231 e. The van der Waals surface area contributed by atoms with Crippen molar-refractivity contribution in [2.75, 3.05) is 5.32 Å². The van der Waals surface area contributed by atoms with Gasteiger partial charge in [0.25, 0.3) is 0 Å². The number of benzene rings is 2. The number of carbonyl (C=O) groups excluding carboxylic acids is 1. The topological polar surface area (TPSA) is 75.6 Å². The van der Waals surface area contributed by atoms with E-state index in [0.717, 1.165) is 27.9 Å². The Labute approximate surface area is 170 Å². The van der Waals surface area contributed by atoms with Gasteiger partial charge < -0.3 is 10.3 Å². The lowest BCUT2D eigenvalue weighted by atomic mass is 9.86. The highest BCUT2D eigenvalue weighted by Gasteiger charge is 2.33. The Morgan fingerprint density at radius 3 is 2.75 bits per heavy atom. The minimum Gasteiger partial charge on any atom is -0.322 e. The van der Waals surface area contributed by atoms with E-state index >= 15 is 0 Å². The average molecular weight is 412 g/mol. The third kappa shape index (κ3) is 2.68. The van der Waals surface area contributed by atoms with Gasteiger partial charge in [0.1, 0.15) is 5.82 Å². The largest absolute Gasteiger partial charge is 0.322 e. The number of hydrogen-bond acceptors (Lipinski definition) is 3. The molecular formula is C20H15Cl2N5O. The summed E-state index contributed by atoms with van der Waals surface area (Å²) >= 11 is 12.3. The second kappa shape index (κ2) is 6.36. The lowest BCUT2D eigenvalue weighted by Gasteiger charge is -2.24. The van der Waals surface area contributed by atoms with Gasteiger partial charge in [0.05, 0.1) is 26.8 Å². The Morgan fingerprint density at radius 2 is 1.96 bits per heavy atom. The third-order valence-electron chi connectivity index (χ3n) is 5.03. The number of amides is 1. The van der Waals surface area contributed by atoms with Crippen molar-refractivity contribution in [1.29, 1.82) is 0 Å². The Balaban J connectivity index is 1.68. The first-order valence-electron chi connectivity index (χ1n) is 8.80. The van der Waals surface area contributed by atoms with Crippen LogP contribution < -0.4 is 5.32 Å². The molecule has 1 aliphatic rings. The fourth-order valence-corrected chi connectivity index (χ4v) is 4.06. The number of fused-ring (bicyclic) bond motifs is 2. The molecule has 0 spiro atoms. The number of H-pyrrole nitrogens is 1. The summed E-state index contributed by atoms with van der Waals surface area (Å²) in [4.78, 5) is 20.4. The van der Waals surface area contributed by atoms with Gasteiger partial charge in [-0.25, -0.2) is 4.98 Å². The second-order valence-electron chi connectivity index (χ2n) is 6.82. The van der Waals surface area contributed by atoms with E-state index in [0.29, 0.717) is 28.2 Å². The summed E-state index contributed by atoms with van der Waals surface area (Å²) in [6.45, 7) is 1.93. The fourth-order valence-electron chi connectivity index (χ4n) is 3.75. The van der Waals surface area contributed by atoms with Crippen LogP contribution in [-0.2, 0) is 4.79 Å². The zero-order chi connectivity index (χ0) is 19.4. The van der Waals surface area contributed by atoms with Gasteiger partial charge in [-0.3, -0.25) is 4.79 Å². The van der Waals surface area contributed by atoms with Gasteiger partial charge in [-0.1, -0.05) is 41.4 Å². The van der Waals surface area contributed by atoms with Crippen molar-refractivity contribution in [1.82, 2.24) is 19.7 Å². The molecule has 140 valence electrons. The van der Waals surface area contributed by atoms with E-state index in [1.54, 1.807) is 10.7 Å². The van der Waals surface area contributed by atoms with Crippen molar-refractivity contribution in [3.8, 4) is 5.95 Å². The molecular weight excluding hydrogens is 397 g/mol. The molecule has 5 rings (SSSR count). The van der Waals surface area contributed by atoms with Crippen LogP contribution in [0.25, 0.3) is 17.0 Å². The molecule has 2 N–H and O–H groups in total. The molecule has 2 aromatic heterocycles. The van der Waals surface area contributed by atoms with E-state index in [1.807, 2.05) is 43.3 Å². The van der Waals surface area contributed by atoms with Crippen LogP contribution in [0, 0.1) is 6.92 Å². The summed E-state index contributed by atoms with van der Waals surface area (Å²) in [6, 6.07) is 13.2. The minimum atomic E-state index is -0.156. The number of aromatic amines is 1. The van der Waals surface area contributed by atoms with Crippen LogP contribution in [0.15, 0.2) is 42.5 Å². The lowest BCUT2D eigenvalue weighted by molar-refractivity contribution is -0.116. The normalized spacial score (nSPS) is 16.2. The number of nitrogens with zero attached hydrogens (tertiary/aromatic N) is 3. The van der Waals surface area contributed by atoms with Crippen molar-refractivity contribution in [2.24, 2.45) is 0 Å². The Hall–Kier alpha value is -2.83. The van der Waals surface area contributed by atoms with Crippen molar-refractivity contribution < 1.29 is 4.79 Å². The summed E-state index contributed by atoms with van der Waals surface area (Å²) in [6.07, 6.45) is 0.317. The first-order chi connectivity index (χ1) is 13.5. The van der Waals surface area contributed by atoms with E-state index in [9.17, 15) is 4.79 Å². The molecule has 0 fully saturated rings. The van der Waals surface area contributed by atoms with Crippen molar-refractivity contribution in [2.45, 2.75) is 19.3 Å². The van der Waals surface area contributed by atoms with Crippen LogP contribution in [-0.4, -0.2) is 25.7 Å². The molecule has 3 heterocycles. The number of para-hydroxylation sites is 2. The van der Waals surface area contributed by atoms with Gasteiger partial charge in [0.15, 0.2) is 0 Å². The molecule has 2 aromatic carbocycles. The predicted molar refractivity (Wildman–Crippen MR) is 110 cm³/mol. The number of aromatic nitrogens is 4. The zero-order valence-electron chi connectivity index (χ0n) is 14.8. The zero-order valence-corrected chi connectivity index (χ0v) is 16.3. The molecule has 6 nitrogen and oxygen atoms in total. The summed E-state index contributed by atoms with van der Waals surface area (Å²) < 4.78 is 1.66. The fraction of sp³-hybridized carbons (Fsp3) is 0.150. The quantitative estimate of drug-likeness (QED) is 0.495. The summed E-state index contributed by atoms with van der Waals surface area (Å²) in [5, 5.41) is 8.57. The summed E-state index contributed by atoms with van der Waals surface area (Å²) in [5.74, 6) is 0.946. The van der Waals surface area contributed by atoms with Gasteiger partial charge in [0.2, 0.25) is 11.9 Å². The third-order valence-corrected chi connectivity index (χ3v) is 5.77. The summed E-state index contributed by atoms with van der Waals surface area (Å²) in [7, 11) is 0. The van der Waals surface area contributed by atoms with Gasteiger partial charge in [-0.2, -0.15) is 9.78 Å². The Kier molecular flexibility index (Phi) is 3.92. The van der Waals surface area contributed by atoms with E-state index in [-0.39, 0.29) is 11.8 Å². The lowest BCUT2D eigenvalue weighted by Crippen LogP contribution is -2.25. The standard InChI is InChI=1S/C20H15Cl2N5O/c1-10-18-12(11-6-7-13(21)14(22)8-11)9-17(28)25-19(18)27(26-10)20-23-15-4-2-3-5-16(15)24-20/h2-8,12H,9H2,1H3,(H,23,24)(H,25,28)/t12-/m0/s1. The van der Waals surface area contributed by atoms with Crippen LogP contribution in [0.4, 0.5) is 5.82 Å². The van der Waals surface area contributed by atoms with E-state index < -0.39 is 0 Å². The second-order valence-corrected chi connectivity index (χ2v) is 7.63. The van der Waals surface area contributed by atoms with E-state index in [4.69, 9.17) is 23.2 Å². The van der Waals surface area contributed by atoms with Crippen molar-refractivity contribution in [3.05, 3.63) is 69.3 Å². The molecule has 1 aliphatic heterocycles. The van der Waals surface area contributed by atoms with Crippen LogP contribution >= 0.6 is 23.2 Å². The van der Waals surface area contributed by atoms with E-state index in [2.05, 4.69) is 20.4 Å². The number of carbonyl (C=O) groups is 1. The van der Waals surface area contributed by atoms with Gasteiger partial charge in [-0.05, 0) is 36.8 Å². The molecule has 0 saturated heterocycles. The number of rotatable bonds is 2. The number of hydrogen-bond donors (Lipinski definition) is 2. The molecule has 0 radical (unpaired) electrons. The minimum absolute atomic E-state index is 0.0826. The monoisotopic (exact) mass is 411 g/mol. The molecule has 1 atom stereocenters. The number of halogens is 2. The van der Waals surface area contributed by atoms with E-state index in [1.165, 1.54) is 0 Å². The number of anilines is 1. The van der Waals surface area contributed by atoms with Gasteiger partial charge >= 0.3 is 0 Å².